The van der Waals surface area contributed by atoms with E-state index in [1.54, 1.807) is 0 Å². The summed E-state index contributed by atoms with van der Waals surface area (Å²) in [6, 6.07) is 0. The standard InChI is InChI=1S/C17H34N4O2.HI/c1-3-18-17(20-10-7-13-23-4-2)21-12-11-19-16(22)14-15-8-5-6-9-15;/h15H,3-14H2,1-2H3,(H,19,22)(H2,18,20,21);1H. The van der Waals surface area contributed by atoms with E-state index in [1.165, 1.54) is 25.7 Å². The first kappa shape index (κ1) is 23.4. The Morgan fingerprint density at radius 1 is 1.12 bits per heavy atom. The summed E-state index contributed by atoms with van der Waals surface area (Å²) in [5, 5.41) is 9.44. The molecule has 0 heterocycles. The number of guanidine groups is 1. The summed E-state index contributed by atoms with van der Waals surface area (Å²) in [7, 11) is 0. The zero-order valence-corrected chi connectivity index (χ0v) is 17.6. The van der Waals surface area contributed by atoms with Crippen molar-refractivity contribution in [2.24, 2.45) is 10.9 Å². The quantitative estimate of drug-likeness (QED) is 0.194. The molecule has 1 rings (SSSR count). The van der Waals surface area contributed by atoms with Crippen LogP contribution in [0.5, 0.6) is 0 Å². The fraction of sp³-hybridized carbons (Fsp3) is 0.882. The maximum atomic E-state index is 11.8. The number of nitrogens with one attached hydrogen (secondary N) is 3. The number of nitrogens with zero attached hydrogens (tertiary/aromatic N) is 1. The van der Waals surface area contributed by atoms with Crippen LogP contribution in [0, 0.1) is 5.92 Å². The predicted octanol–water partition coefficient (Wildman–Crippen LogP) is 2.28. The van der Waals surface area contributed by atoms with Gasteiger partial charge in [-0.25, -0.2) is 0 Å². The van der Waals surface area contributed by atoms with Gasteiger partial charge in [-0.1, -0.05) is 12.8 Å². The molecule has 1 aliphatic rings. The van der Waals surface area contributed by atoms with Crippen LogP contribution in [0.3, 0.4) is 0 Å². The summed E-state index contributed by atoms with van der Waals surface area (Å²) >= 11 is 0. The summed E-state index contributed by atoms with van der Waals surface area (Å²) < 4.78 is 5.30. The Bertz CT molecular complexity index is 347. The zero-order chi connectivity index (χ0) is 16.8. The van der Waals surface area contributed by atoms with Crippen molar-refractivity contribution in [2.75, 3.05) is 39.4 Å². The first-order valence-electron chi connectivity index (χ1n) is 9.12. The minimum atomic E-state index is 0. The topological polar surface area (TPSA) is 74.8 Å². The van der Waals surface area contributed by atoms with Gasteiger partial charge in [0.15, 0.2) is 5.96 Å². The number of amides is 1. The largest absolute Gasteiger partial charge is 0.382 e. The Labute approximate surface area is 164 Å². The van der Waals surface area contributed by atoms with Crippen molar-refractivity contribution in [3.05, 3.63) is 0 Å². The molecule has 1 fully saturated rings. The third-order valence-corrected chi connectivity index (χ3v) is 3.95. The van der Waals surface area contributed by atoms with Gasteiger partial charge in [-0.15, -0.1) is 24.0 Å². The molecular weight excluding hydrogens is 419 g/mol. The summed E-state index contributed by atoms with van der Waals surface area (Å²) in [5.74, 6) is 1.58. The zero-order valence-electron chi connectivity index (χ0n) is 15.2. The molecule has 3 N–H and O–H groups in total. The molecule has 0 bridgehead atoms. The third kappa shape index (κ3) is 11.9. The van der Waals surface area contributed by atoms with Crippen LogP contribution in [0.2, 0.25) is 0 Å². The Balaban J connectivity index is 0.00000529. The highest BCUT2D eigenvalue weighted by Gasteiger charge is 2.17. The average Bonchev–Trinajstić information content (AvgIpc) is 3.04. The summed E-state index contributed by atoms with van der Waals surface area (Å²) in [4.78, 5) is 16.3. The summed E-state index contributed by atoms with van der Waals surface area (Å²) in [6.07, 6.45) is 6.60. The molecule has 24 heavy (non-hydrogen) atoms. The SMILES string of the molecule is CCNC(=NCCCOCC)NCCNC(=O)CC1CCCC1.I. The van der Waals surface area contributed by atoms with E-state index < -0.39 is 0 Å². The minimum Gasteiger partial charge on any atom is -0.382 e. The lowest BCUT2D eigenvalue weighted by molar-refractivity contribution is -0.121. The molecule has 0 saturated heterocycles. The maximum Gasteiger partial charge on any atom is 0.220 e. The number of ether oxygens (including phenoxy) is 1. The number of carbonyl (C=O) groups excluding carboxylic acids is 1. The van der Waals surface area contributed by atoms with Crippen molar-refractivity contribution >= 4 is 35.8 Å². The number of aliphatic imine (C=N–C) groups is 1. The summed E-state index contributed by atoms with van der Waals surface area (Å²) in [5.41, 5.74) is 0. The molecule has 0 unspecified atom stereocenters. The van der Waals surface area contributed by atoms with Crippen LogP contribution in [0.15, 0.2) is 4.99 Å². The number of hydrogen-bond acceptors (Lipinski definition) is 3. The normalized spacial score (nSPS) is 15.0. The smallest absolute Gasteiger partial charge is 0.220 e. The van der Waals surface area contributed by atoms with Gasteiger partial charge in [0, 0.05) is 45.8 Å². The summed E-state index contributed by atoms with van der Waals surface area (Å²) in [6.45, 7) is 8.42. The molecule has 6 nitrogen and oxygen atoms in total. The van der Waals surface area contributed by atoms with Gasteiger partial charge in [0.2, 0.25) is 5.91 Å². The first-order valence-corrected chi connectivity index (χ1v) is 9.12. The lowest BCUT2D eigenvalue weighted by Gasteiger charge is -2.13. The lowest BCUT2D eigenvalue weighted by atomic mass is 10.0. The van der Waals surface area contributed by atoms with Crippen molar-refractivity contribution in [3.8, 4) is 0 Å². The van der Waals surface area contributed by atoms with Gasteiger partial charge in [-0.3, -0.25) is 9.79 Å². The average molecular weight is 454 g/mol. The van der Waals surface area contributed by atoms with Crippen molar-refractivity contribution in [1.29, 1.82) is 0 Å². The fourth-order valence-electron chi connectivity index (χ4n) is 2.78. The van der Waals surface area contributed by atoms with Gasteiger partial charge >= 0.3 is 0 Å². The molecule has 0 aromatic carbocycles. The second-order valence-electron chi connectivity index (χ2n) is 5.94. The van der Waals surface area contributed by atoms with E-state index in [9.17, 15) is 4.79 Å². The number of halogens is 1. The van der Waals surface area contributed by atoms with E-state index in [-0.39, 0.29) is 29.9 Å². The van der Waals surface area contributed by atoms with Gasteiger partial charge in [0.1, 0.15) is 0 Å². The molecule has 0 aromatic heterocycles. The second kappa shape index (κ2) is 15.9. The van der Waals surface area contributed by atoms with Gasteiger partial charge in [0.25, 0.3) is 0 Å². The molecule has 1 aliphatic carbocycles. The minimum absolute atomic E-state index is 0. The highest BCUT2D eigenvalue weighted by molar-refractivity contribution is 14.0. The monoisotopic (exact) mass is 454 g/mol. The lowest BCUT2D eigenvalue weighted by Crippen LogP contribution is -2.41. The number of carbonyl (C=O) groups is 1. The fourth-order valence-corrected chi connectivity index (χ4v) is 2.78. The Hall–Kier alpha value is -0.570. The van der Waals surface area contributed by atoms with Crippen LogP contribution in [0.25, 0.3) is 0 Å². The maximum absolute atomic E-state index is 11.8. The Morgan fingerprint density at radius 2 is 1.83 bits per heavy atom. The highest BCUT2D eigenvalue weighted by Crippen LogP contribution is 2.27. The van der Waals surface area contributed by atoms with Gasteiger partial charge in [0.05, 0.1) is 0 Å². The predicted molar refractivity (Wildman–Crippen MR) is 110 cm³/mol. The molecule has 0 aliphatic heterocycles. The van der Waals surface area contributed by atoms with E-state index >= 15 is 0 Å². The van der Waals surface area contributed by atoms with Crippen LogP contribution in [0.1, 0.15) is 52.4 Å². The molecule has 1 saturated carbocycles. The van der Waals surface area contributed by atoms with E-state index in [1.807, 2.05) is 13.8 Å². The molecular formula is C17H35IN4O2. The van der Waals surface area contributed by atoms with Gasteiger partial charge in [-0.2, -0.15) is 0 Å². The van der Waals surface area contributed by atoms with E-state index in [0.29, 0.717) is 25.4 Å². The third-order valence-electron chi connectivity index (χ3n) is 3.95. The van der Waals surface area contributed by atoms with Crippen molar-refractivity contribution < 1.29 is 9.53 Å². The van der Waals surface area contributed by atoms with Crippen molar-refractivity contribution in [2.45, 2.75) is 52.4 Å². The Morgan fingerprint density at radius 3 is 2.50 bits per heavy atom. The van der Waals surface area contributed by atoms with Crippen LogP contribution in [-0.2, 0) is 9.53 Å². The Kier molecular flexibility index (Phi) is 15.6. The van der Waals surface area contributed by atoms with E-state index in [2.05, 4.69) is 20.9 Å². The number of rotatable bonds is 11. The molecule has 0 spiro atoms. The molecule has 7 heteroatoms. The molecule has 0 atom stereocenters. The molecule has 142 valence electrons. The highest BCUT2D eigenvalue weighted by atomic mass is 127. The number of hydrogen-bond donors (Lipinski definition) is 3. The van der Waals surface area contributed by atoms with Crippen LogP contribution in [-0.4, -0.2) is 51.3 Å². The van der Waals surface area contributed by atoms with Crippen molar-refractivity contribution in [1.82, 2.24) is 16.0 Å². The van der Waals surface area contributed by atoms with Crippen LogP contribution in [0.4, 0.5) is 0 Å². The van der Waals surface area contributed by atoms with E-state index in [0.717, 1.165) is 38.7 Å². The van der Waals surface area contributed by atoms with Crippen LogP contribution >= 0.6 is 24.0 Å². The van der Waals surface area contributed by atoms with Crippen LogP contribution < -0.4 is 16.0 Å². The second-order valence-corrected chi connectivity index (χ2v) is 5.94. The van der Waals surface area contributed by atoms with Gasteiger partial charge < -0.3 is 20.7 Å². The van der Waals surface area contributed by atoms with Crippen molar-refractivity contribution in [3.63, 3.8) is 0 Å². The van der Waals surface area contributed by atoms with E-state index in [4.69, 9.17) is 4.74 Å². The van der Waals surface area contributed by atoms with Gasteiger partial charge in [-0.05, 0) is 39.0 Å². The molecule has 1 amide bonds. The molecule has 0 aromatic rings. The first-order chi connectivity index (χ1) is 11.3. The molecule has 0 radical (unpaired) electrons.